The van der Waals surface area contributed by atoms with Gasteiger partial charge in [0.1, 0.15) is 5.01 Å². The summed E-state index contributed by atoms with van der Waals surface area (Å²) in [6.07, 6.45) is 3.14. The molecule has 0 unspecified atom stereocenters. The zero-order valence-corrected chi connectivity index (χ0v) is 12.0. The molecule has 0 aliphatic carbocycles. The standard InChI is InChI=1S/C10H9N5O3S2/c1-7-11-12-10-15(7)13-9(19-10)8-2-4-14(5-3-8)6-20(16,17)18/h2-5H,6H2,1H3/p+1. The van der Waals surface area contributed by atoms with Crippen molar-refractivity contribution in [2.24, 2.45) is 0 Å². The molecule has 0 amide bonds. The van der Waals surface area contributed by atoms with Crippen molar-refractivity contribution in [1.82, 2.24) is 19.8 Å². The highest BCUT2D eigenvalue weighted by atomic mass is 32.2. The van der Waals surface area contributed by atoms with E-state index in [4.69, 9.17) is 4.55 Å². The topological polar surface area (TPSA) is 101 Å². The molecule has 0 fully saturated rings. The molecule has 10 heteroatoms. The van der Waals surface area contributed by atoms with E-state index in [1.165, 1.54) is 15.9 Å². The molecule has 0 saturated carbocycles. The van der Waals surface area contributed by atoms with Gasteiger partial charge in [0.25, 0.3) is 5.88 Å². The molecule has 0 spiro atoms. The Morgan fingerprint density at radius 2 is 2.05 bits per heavy atom. The van der Waals surface area contributed by atoms with E-state index in [9.17, 15) is 8.42 Å². The van der Waals surface area contributed by atoms with E-state index in [1.54, 1.807) is 29.0 Å². The SMILES string of the molecule is Cc1nnc2sc(-c3cc[n+](CS(=O)(=O)O)cc3)nn12. The van der Waals surface area contributed by atoms with Gasteiger partial charge in [0.05, 0.1) is 0 Å². The third kappa shape index (κ3) is 2.53. The average Bonchev–Trinajstić information content (AvgIpc) is 2.91. The van der Waals surface area contributed by atoms with Crippen LogP contribution in [-0.2, 0) is 16.0 Å². The van der Waals surface area contributed by atoms with E-state index < -0.39 is 16.0 Å². The molecule has 0 saturated heterocycles. The van der Waals surface area contributed by atoms with Crippen LogP contribution in [0.1, 0.15) is 5.82 Å². The van der Waals surface area contributed by atoms with Crippen LogP contribution >= 0.6 is 11.3 Å². The summed E-state index contributed by atoms with van der Waals surface area (Å²) >= 11 is 1.39. The Kier molecular flexibility index (Phi) is 3.00. The van der Waals surface area contributed by atoms with Crippen LogP contribution in [0.15, 0.2) is 24.5 Å². The van der Waals surface area contributed by atoms with Crippen LogP contribution < -0.4 is 4.57 Å². The maximum atomic E-state index is 10.8. The van der Waals surface area contributed by atoms with Gasteiger partial charge in [0.2, 0.25) is 4.96 Å². The summed E-state index contributed by atoms with van der Waals surface area (Å²) in [6, 6.07) is 3.46. The fourth-order valence-electron chi connectivity index (χ4n) is 1.71. The summed E-state index contributed by atoms with van der Waals surface area (Å²) in [6.45, 7) is 1.81. The summed E-state index contributed by atoms with van der Waals surface area (Å²) in [5.41, 5.74) is 0.839. The van der Waals surface area contributed by atoms with Gasteiger partial charge in [-0.05, 0) is 6.92 Å². The smallest absolute Gasteiger partial charge is 0.281 e. The second-order valence-electron chi connectivity index (χ2n) is 4.16. The lowest BCUT2D eigenvalue weighted by atomic mass is 10.3. The summed E-state index contributed by atoms with van der Waals surface area (Å²) < 4.78 is 33.4. The van der Waals surface area contributed by atoms with Gasteiger partial charge in [0.15, 0.2) is 18.2 Å². The number of aromatic nitrogens is 5. The van der Waals surface area contributed by atoms with Crippen LogP contribution in [0.3, 0.4) is 0 Å². The van der Waals surface area contributed by atoms with Crippen LogP contribution in [0.2, 0.25) is 0 Å². The Bertz CT molecular complexity index is 866. The summed E-state index contributed by atoms with van der Waals surface area (Å²) in [5, 5.41) is 13.0. The minimum Gasteiger partial charge on any atom is -0.281 e. The van der Waals surface area contributed by atoms with Crippen LogP contribution in [0.25, 0.3) is 15.5 Å². The minimum atomic E-state index is -4.04. The van der Waals surface area contributed by atoms with E-state index in [-0.39, 0.29) is 0 Å². The van der Waals surface area contributed by atoms with Gasteiger partial charge in [-0.25, -0.2) is 0 Å². The largest absolute Gasteiger partial charge is 0.326 e. The molecule has 0 aromatic carbocycles. The first-order chi connectivity index (χ1) is 9.42. The Balaban J connectivity index is 1.94. The first-order valence-corrected chi connectivity index (χ1v) is 7.98. The van der Waals surface area contributed by atoms with E-state index >= 15 is 0 Å². The van der Waals surface area contributed by atoms with Gasteiger partial charge in [-0.2, -0.15) is 22.6 Å². The van der Waals surface area contributed by atoms with Crippen molar-refractivity contribution in [2.45, 2.75) is 12.8 Å². The van der Waals surface area contributed by atoms with Crippen molar-refractivity contribution >= 4 is 26.4 Å². The number of fused-ring (bicyclic) bond motifs is 1. The Labute approximate surface area is 118 Å². The molecule has 3 aromatic heterocycles. The van der Waals surface area contributed by atoms with Crippen LogP contribution in [0.4, 0.5) is 0 Å². The molecule has 0 radical (unpaired) electrons. The van der Waals surface area contributed by atoms with Gasteiger partial charge in [-0.3, -0.25) is 4.55 Å². The molecule has 3 heterocycles. The van der Waals surface area contributed by atoms with E-state index in [0.717, 1.165) is 10.6 Å². The van der Waals surface area contributed by atoms with Crippen molar-refractivity contribution in [3.63, 3.8) is 0 Å². The molecule has 1 N–H and O–H groups in total. The molecule has 3 rings (SSSR count). The third-order valence-electron chi connectivity index (χ3n) is 2.60. The normalized spacial score (nSPS) is 12.1. The number of pyridine rings is 1. The molecule has 20 heavy (non-hydrogen) atoms. The highest BCUT2D eigenvalue weighted by molar-refractivity contribution is 7.84. The van der Waals surface area contributed by atoms with Gasteiger partial charge >= 0.3 is 10.1 Å². The predicted molar refractivity (Wildman–Crippen MR) is 70.6 cm³/mol. The number of hydrogen-bond donors (Lipinski definition) is 1. The fraction of sp³-hybridized carbons (Fsp3) is 0.200. The average molecular weight is 312 g/mol. The number of rotatable bonds is 3. The summed E-state index contributed by atoms with van der Waals surface area (Å²) in [4.78, 5) is 0.701. The lowest BCUT2D eigenvalue weighted by Crippen LogP contribution is -2.36. The Morgan fingerprint density at radius 3 is 2.65 bits per heavy atom. The number of nitrogens with zero attached hydrogens (tertiary/aromatic N) is 5. The maximum absolute atomic E-state index is 10.8. The van der Waals surface area contributed by atoms with Crippen molar-refractivity contribution in [1.29, 1.82) is 0 Å². The second-order valence-corrected chi connectivity index (χ2v) is 6.54. The molecule has 0 bridgehead atoms. The number of hydrogen-bond acceptors (Lipinski definition) is 6. The van der Waals surface area contributed by atoms with E-state index in [2.05, 4.69) is 15.3 Å². The second kappa shape index (κ2) is 4.58. The van der Waals surface area contributed by atoms with Gasteiger partial charge < -0.3 is 0 Å². The van der Waals surface area contributed by atoms with Crippen molar-refractivity contribution in [3.8, 4) is 10.6 Å². The highest BCUT2D eigenvalue weighted by Crippen LogP contribution is 2.24. The lowest BCUT2D eigenvalue weighted by Gasteiger charge is -1.96. The molecule has 0 atom stereocenters. The zero-order chi connectivity index (χ0) is 14.3. The maximum Gasteiger partial charge on any atom is 0.326 e. The van der Waals surface area contributed by atoms with Crippen LogP contribution in [0.5, 0.6) is 0 Å². The Morgan fingerprint density at radius 1 is 1.35 bits per heavy atom. The molecule has 0 aliphatic heterocycles. The van der Waals surface area contributed by atoms with Gasteiger partial charge in [-0.15, -0.1) is 10.2 Å². The summed E-state index contributed by atoms with van der Waals surface area (Å²) in [5.74, 6) is 0.234. The van der Waals surface area contributed by atoms with Crippen LogP contribution in [0, 0.1) is 6.92 Å². The third-order valence-corrected chi connectivity index (χ3v) is 4.17. The monoisotopic (exact) mass is 312 g/mol. The quantitative estimate of drug-likeness (QED) is 0.551. The minimum absolute atomic E-state index is 0.475. The van der Waals surface area contributed by atoms with Crippen LogP contribution in [-0.4, -0.2) is 32.8 Å². The lowest BCUT2D eigenvalue weighted by molar-refractivity contribution is -0.678. The number of aryl methyl sites for hydroxylation is 1. The van der Waals surface area contributed by atoms with E-state index in [0.29, 0.717) is 10.8 Å². The molecular formula is C10H10N5O3S2+. The van der Waals surface area contributed by atoms with Gasteiger partial charge in [-0.1, -0.05) is 11.3 Å². The molecule has 0 aliphatic rings. The van der Waals surface area contributed by atoms with Crippen molar-refractivity contribution < 1.29 is 17.5 Å². The predicted octanol–water partition coefficient (Wildman–Crippen LogP) is 0.294. The summed E-state index contributed by atoms with van der Waals surface area (Å²) in [7, 11) is -4.04. The molecule has 3 aromatic rings. The Hall–Kier alpha value is -1.91. The van der Waals surface area contributed by atoms with Crippen molar-refractivity contribution in [2.75, 3.05) is 0 Å². The molecule has 8 nitrogen and oxygen atoms in total. The fourth-order valence-corrected chi connectivity index (χ4v) is 3.15. The zero-order valence-electron chi connectivity index (χ0n) is 10.3. The first-order valence-electron chi connectivity index (χ1n) is 5.56. The highest BCUT2D eigenvalue weighted by Gasteiger charge is 2.14. The van der Waals surface area contributed by atoms with Gasteiger partial charge in [0, 0.05) is 17.7 Å². The first kappa shape index (κ1) is 13.1. The van der Waals surface area contributed by atoms with E-state index in [1.807, 2.05) is 6.92 Å². The molecule has 104 valence electrons. The van der Waals surface area contributed by atoms with Crippen molar-refractivity contribution in [3.05, 3.63) is 30.4 Å². The molecular weight excluding hydrogens is 302 g/mol.